The van der Waals surface area contributed by atoms with Gasteiger partial charge in [0.05, 0.1) is 5.69 Å². The van der Waals surface area contributed by atoms with Crippen LogP contribution in [-0.4, -0.2) is 36.3 Å². The van der Waals surface area contributed by atoms with E-state index in [0.29, 0.717) is 30.2 Å². The highest BCUT2D eigenvalue weighted by Gasteiger charge is 2.21. The minimum atomic E-state index is -0.188. The number of carbonyl (C=O) groups excluding carboxylic acids is 1. The predicted molar refractivity (Wildman–Crippen MR) is 73.3 cm³/mol. The number of nitrogens with zero attached hydrogens (tertiary/aromatic N) is 2. The third-order valence-electron chi connectivity index (χ3n) is 2.84. The number of hydrogen-bond acceptors (Lipinski definition) is 5. The van der Waals surface area contributed by atoms with Crippen molar-refractivity contribution in [2.24, 2.45) is 0 Å². The molecule has 1 amide bonds. The zero-order valence-electron chi connectivity index (χ0n) is 11.5. The minimum absolute atomic E-state index is 0.188. The number of pyridine rings is 1. The van der Waals surface area contributed by atoms with Crippen LogP contribution in [-0.2, 0) is 4.74 Å². The highest BCUT2D eigenvalue weighted by atomic mass is 16.5. The van der Waals surface area contributed by atoms with Gasteiger partial charge in [0.1, 0.15) is 5.56 Å². The molecular weight excluding hydrogens is 258 g/mol. The van der Waals surface area contributed by atoms with E-state index in [2.05, 4.69) is 15.5 Å². The van der Waals surface area contributed by atoms with E-state index >= 15 is 0 Å². The molecule has 0 spiro atoms. The van der Waals surface area contributed by atoms with E-state index in [4.69, 9.17) is 9.26 Å². The van der Waals surface area contributed by atoms with Gasteiger partial charge in [0.2, 0.25) is 0 Å². The summed E-state index contributed by atoms with van der Waals surface area (Å²) in [6.45, 7) is 2.91. The summed E-state index contributed by atoms with van der Waals surface area (Å²) >= 11 is 0. The van der Waals surface area contributed by atoms with Crippen LogP contribution in [0.4, 0.5) is 0 Å². The average Bonchev–Trinajstić information content (AvgIpc) is 2.86. The minimum Gasteiger partial charge on any atom is -0.385 e. The van der Waals surface area contributed by atoms with E-state index in [-0.39, 0.29) is 5.91 Å². The van der Waals surface area contributed by atoms with Gasteiger partial charge in [-0.3, -0.25) is 9.78 Å². The maximum absolute atomic E-state index is 12.2. The number of methoxy groups -OCH3 is 1. The molecule has 0 radical (unpaired) electrons. The number of carbonyl (C=O) groups is 1. The van der Waals surface area contributed by atoms with Crippen molar-refractivity contribution in [1.29, 1.82) is 0 Å². The molecule has 0 aliphatic rings. The Hall–Kier alpha value is -2.21. The third kappa shape index (κ3) is 3.21. The van der Waals surface area contributed by atoms with Gasteiger partial charge < -0.3 is 14.6 Å². The van der Waals surface area contributed by atoms with Crippen molar-refractivity contribution in [2.45, 2.75) is 13.3 Å². The van der Waals surface area contributed by atoms with Gasteiger partial charge in [-0.2, -0.15) is 0 Å². The average molecular weight is 275 g/mol. The van der Waals surface area contributed by atoms with E-state index < -0.39 is 0 Å². The summed E-state index contributed by atoms with van der Waals surface area (Å²) < 4.78 is 10.2. The number of nitrogens with one attached hydrogen (secondary N) is 1. The SMILES string of the molecule is COCCCNC(=O)c1c(C)noc1-c1ccncc1. The van der Waals surface area contributed by atoms with E-state index in [1.165, 1.54) is 0 Å². The molecule has 1 N–H and O–H groups in total. The summed E-state index contributed by atoms with van der Waals surface area (Å²) in [5.74, 6) is 0.279. The van der Waals surface area contributed by atoms with Crippen molar-refractivity contribution >= 4 is 5.91 Å². The van der Waals surface area contributed by atoms with E-state index in [9.17, 15) is 4.79 Å². The van der Waals surface area contributed by atoms with Crippen molar-refractivity contribution in [2.75, 3.05) is 20.3 Å². The fourth-order valence-corrected chi connectivity index (χ4v) is 1.84. The lowest BCUT2D eigenvalue weighted by atomic mass is 10.1. The maximum Gasteiger partial charge on any atom is 0.257 e. The Balaban J connectivity index is 2.15. The first-order valence-corrected chi connectivity index (χ1v) is 6.38. The molecule has 2 aromatic rings. The van der Waals surface area contributed by atoms with Crippen LogP contribution in [0.2, 0.25) is 0 Å². The van der Waals surface area contributed by atoms with Gasteiger partial charge in [-0.15, -0.1) is 0 Å². The van der Waals surface area contributed by atoms with Crippen LogP contribution in [0.15, 0.2) is 29.0 Å². The van der Waals surface area contributed by atoms with Gasteiger partial charge in [-0.25, -0.2) is 0 Å². The van der Waals surface area contributed by atoms with Crippen LogP contribution in [0.3, 0.4) is 0 Å². The second-order valence-corrected chi connectivity index (χ2v) is 4.31. The zero-order chi connectivity index (χ0) is 14.4. The quantitative estimate of drug-likeness (QED) is 0.813. The van der Waals surface area contributed by atoms with Gasteiger partial charge in [0.15, 0.2) is 5.76 Å². The molecule has 0 saturated heterocycles. The van der Waals surface area contributed by atoms with E-state index in [0.717, 1.165) is 12.0 Å². The molecule has 2 rings (SSSR count). The molecule has 0 aliphatic carbocycles. The summed E-state index contributed by atoms with van der Waals surface area (Å²) in [5.41, 5.74) is 1.82. The Bertz CT molecular complexity index is 566. The highest BCUT2D eigenvalue weighted by molar-refractivity contribution is 6.00. The van der Waals surface area contributed by atoms with Crippen molar-refractivity contribution < 1.29 is 14.1 Å². The molecule has 0 unspecified atom stereocenters. The molecule has 0 aliphatic heterocycles. The summed E-state index contributed by atoms with van der Waals surface area (Å²) in [6, 6.07) is 3.56. The molecule has 0 saturated carbocycles. The van der Waals surface area contributed by atoms with Crippen molar-refractivity contribution in [3.8, 4) is 11.3 Å². The van der Waals surface area contributed by atoms with Crippen molar-refractivity contribution in [3.63, 3.8) is 0 Å². The normalized spacial score (nSPS) is 10.5. The summed E-state index contributed by atoms with van der Waals surface area (Å²) in [6.07, 6.45) is 4.05. The highest BCUT2D eigenvalue weighted by Crippen LogP contribution is 2.25. The Morgan fingerprint density at radius 1 is 1.40 bits per heavy atom. The second kappa shape index (κ2) is 6.81. The lowest BCUT2D eigenvalue weighted by Crippen LogP contribution is -2.26. The number of aryl methyl sites for hydroxylation is 1. The molecule has 2 heterocycles. The molecule has 106 valence electrons. The smallest absolute Gasteiger partial charge is 0.257 e. The fourth-order valence-electron chi connectivity index (χ4n) is 1.84. The van der Waals surface area contributed by atoms with Crippen molar-refractivity contribution in [3.05, 3.63) is 35.8 Å². The number of amides is 1. The molecule has 6 heteroatoms. The van der Waals surface area contributed by atoms with Crippen LogP contribution in [0, 0.1) is 6.92 Å². The Morgan fingerprint density at radius 2 is 2.15 bits per heavy atom. The van der Waals surface area contributed by atoms with Crippen LogP contribution >= 0.6 is 0 Å². The lowest BCUT2D eigenvalue weighted by Gasteiger charge is -2.05. The van der Waals surface area contributed by atoms with Crippen molar-refractivity contribution in [1.82, 2.24) is 15.5 Å². The molecule has 0 fully saturated rings. The van der Waals surface area contributed by atoms with Gasteiger partial charge in [-0.05, 0) is 25.5 Å². The van der Waals surface area contributed by atoms with Gasteiger partial charge in [-0.1, -0.05) is 5.16 Å². The molecule has 0 aromatic carbocycles. The molecule has 20 heavy (non-hydrogen) atoms. The van der Waals surface area contributed by atoms with Gasteiger partial charge in [0, 0.05) is 38.2 Å². The van der Waals surface area contributed by atoms with Crippen LogP contribution in [0.25, 0.3) is 11.3 Å². The molecule has 2 aromatic heterocycles. The fraction of sp³-hybridized carbons (Fsp3) is 0.357. The van der Waals surface area contributed by atoms with Crippen LogP contribution < -0.4 is 5.32 Å². The number of aromatic nitrogens is 2. The number of ether oxygens (including phenoxy) is 1. The Kier molecular flexibility index (Phi) is 4.84. The molecule has 0 atom stereocenters. The van der Waals surface area contributed by atoms with E-state index in [1.807, 2.05) is 0 Å². The lowest BCUT2D eigenvalue weighted by molar-refractivity contribution is 0.0948. The van der Waals surface area contributed by atoms with Crippen LogP contribution in [0.1, 0.15) is 22.5 Å². The standard InChI is InChI=1S/C14H17N3O3/c1-10-12(14(18)16-6-3-9-19-2)13(20-17-10)11-4-7-15-8-5-11/h4-5,7-8H,3,6,9H2,1-2H3,(H,16,18). The van der Waals surface area contributed by atoms with Gasteiger partial charge >= 0.3 is 0 Å². The maximum atomic E-state index is 12.2. The molecule has 0 bridgehead atoms. The topological polar surface area (TPSA) is 77.2 Å². The second-order valence-electron chi connectivity index (χ2n) is 4.31. The predicted octanol–water partition coefficient (Wildman–Crippen LogP) is 1.81. The third-order valence-corrected chi connectivity index (χ3v) is 2.84. The first-order chi connectivity index (χ1) is 9.74. The first kappa shape index (κ1) is 14.2. The first-order valence-electron chi connectivity index (χ1n) is 6.38. The zero-order valence-corrected chi connectivity index (χ0v) is 11.5. The summed E-state index contributed by atoms with van der Waals surface area (Å²) in [4.78, 5) is 16.2. The number of hydrogen-bond donors (Lipinski definition) is 1. The number of rotatable bonds is 6. The summed E-state index contributed by atoms with van der Waals surface area (Å²) in [7, 11) is 1.63. The Morgan fingerprint density at radius 3 is 2.85 bits per heavy atom. The molecular formula is C14H17N3O3. The van der Waals surface area contributed by atoms with Crippen LogP contribution in [0.5, 0.6) is 0 Å². The Labute approximate surface area is 117 Å². The monoisotopic (exact) mass is 275 g/mol. The van der Waals surface area contributed by atoms with Gasteiger partial charge in [0.25, 0.3) is 5.91 Å². The largest absolute Gasteiger partial charge is 0.385 e. The van der Waals surface area contributed by atoms with E-state index in [1.54, 1.807) is 38.6 Å². The summed E-state index contributed by atoms with van der Waals surface area (Å²) in [5, 5.41) is 6.71. The molecule has 6 nitrogen and oxygen atoms in total.